The van der Waals surface area contributed by atoms with Gasteiger partial charge in [-0.05, 0) is 31.4 Å². The fourth-order valence-corrected chi connectivity index (χ4v) is 3.37. The van der Waals surface area contributed by atoms with Gasteiger partial charge in [0.05, 0.1) is 18.2 Å². The fraction of sp³-hybridized carbons (Fsp3) is 0.733. The topological polar surface area (TPSA) is 56.3 Å². The average Bonchev–Trinajstić information content (AvgIpc) is 2.93. The molecule has 1 spiro atoms. The molecule has 1 aromatic heterocycles. The van der Waals surface area contributed by atoms with E-state index in [2.05, 4.69) is 22.2 Å². The van der Waals surface area contributed by atoms with E-state index in [0.717, 1.165) is 51.5 Å². The van der Waals surface area contributed by atoms with Crippen LogP contribution in [0, 0.1) is 5.92 Å². The maximum Gasteiger partial charge on any atom is 0.145 e. The van der Waals surface area contributed by atoms with E-state index in [4.69, 9.17) is 9.47 Å². The minimum absolute atomic E-state index is 0.0641. The number of ether oxygens (including phenoxy) is 2. The molecule has 3 unspecified atom stereocenters. The molecule has 5 nitrogen and oxygen atoms in total. The highest BCUT2D eigenvalue weighted by atomic mass is 16.6. The van der Waals surface area contributed by atoms with E-state index in [1.165, 1.54) is 0 Å². The van der Waals surface area contributed by atoms with Crippen molar-refractivity contribution in [1.29, 1.82) is 0 Å². The zero-order valence-electron chi connectivity index (χ0n) is 12.0. The van der Waals surface area contributed by atoms with Crippen LogP contribution in [0.25, 0.3) is 0 Å². The van der Waals surface area contributed by atoms with E-state index >= 15 is 0 Å². The highest BCUT2D eigenvalue weighted by Gasteiger charge is 2.43. The van der Waals surface area contributed by atoms with Crippen molar-refractivity contribution in [2.45, 2.75) is 37.8 Å². The minimum Gasteiger partial charge on any atom is -0.378 e. The molecule has 0 saturated carbocycles. The first kappa shape index (κ1) is 13.9. The largest absolute Gasteiger partial charge is 0.378 e. The van der Waals surface area contributed by atoms with E-state index in [9.17, 15) is 0 Å². The smallest absolute Gasteiger partial charge is 0.145 e. The molecule has 3 heterocycles. The molecule has 2 aliphatic heterocycles. The molecule has 0 radical (unpaired) electrons. The second kappa shape index (κ2) is 6.16. The summed E-state index contributed by atoms with van der Waals surface area (Å²) >= 11 is 0. The van der Waals surface area contributed by atoms with Crippen molar-refractivity contribution >= 4 is 0 Å². The maximum absolute atomic E-state index is 6.03. The van der Waals surface area contributed by atoms with Crippen molar-refractivity contribution in [2.75, 3.05) is 26.4 Å². The van der Waals surface area contributed by atoms with Crippen molar-refractivity contribution in [2.24, 2.45) is 5.92 Å². The van der Waals surface area contributed by atoms with E-state index in [0.29, 0.717) is 5.92 Å². The van der Waals surface area contributed by atoms with Crippen LogP contribution in [0.2, 0.25) is 0 Å². The SMILES string of the molecule is CCNC(c1ncccn1)C1CCOC2(CCOC2)C1. The van der Waals surface area contributed by atoms with Gasteiger partial charge in [0.25, 0.3) is 0 Å². The highest BCUT2D eigenvalue weighted by Crippen LogP contribution is 2.40. The van der Waals surface area contributed by atoms with Crippen molar-refractivity contribution in [3.8, 4) is 0 Å². The van der Waals surface area contributed by atoms with Crippen molar-refractivity contribution in [1.82, 2.24) is 15.3 Å². The van der Waals surface area contributed by atoms with Gasteiger partial charge in [-0.2, -0.15) is 0 Å². The lowest BCUT2D eigenvalue weighted by Crippen LogP contribution is -2.44. The molecular weight excluding hydrogens is 254 g/mol. The molecular formula is C15H23N3O2. The van der Waals surface area contributed by atoms with Gasteiger partial charge in [-0.25, -0.2) is 9.97 Å². The molecule has 5 heteroatoms. The Morgan fingerprint density at radius 1 is 1.40 bits per heavy atom. The molecule has 2 fully saturated rings. The average molecular weight is 277 g/mol. The predicted molar refractivity (Wildman–Crippen MR) is 75.3 cm³/mol. The van der Waals surface area contributed by atoms with Crippen LogP contribution < -0.4 is 5.32 Å². The molecule has 2 saturated heterocycles. The van der Waals surface area contributed by atoms with Gasteiger partial charge >= 0.3 is 0 Å². The van der Waals surface area contributed by atoms with Crippen LogP contribution in [-0.2, 0) is 9.47 Å². The lowest BCUT2D eigenvalue weighted by Gasteiger charge is -2.40. The standard InChI is InChI=1S/C15H23N3O2/c1-2-16-13(14-17-6-3-7-18-14)12-4-8-20-15(10-12)5-9-19-11-15/h3,6-7,12-13,16H,2,4-5,8-11H2,1H3. The third-order valence-electron chi connectivity index (χ3n) is 4.36. The second-order valence-electron chi connectivity index (χ2n) is 5.73. The Bertz CT molecular complexity index is 420. The number of rotatable bonds is 4. The quantitative estimate of drug-likeness (QED) is 0.908. The number of nitrogens with zero attached hydrogens (tertiary/aromatic N) is 2. The lowest BCUT2D eigenvalue weighted by molar-refractivity contribution is -0.103. The first-order valence-corrected chi connectivity index (χ1v) is 7.55. The molecule has 0 aliphatic carbocycles. The van der Waals surface area contributed by atoms with Gasteiger partial charge in [0, 0.05) is 32.0 Å². The summed E-state index contributed by atoms with van der Waals surface area (Å²) in [6, 6.07) is 2.07. The molecule has 0 amide bonds. The summed E-state index contributed by atoms with van der Waals surface area (Å²) in [5.74, 6) is 1.41. The highest BCUT2D eigenvalue weighted by molar-refractivity contribution is 5.02. The molecule has 1 N–H and O–H groups in total. The Labute approximate surface area is 120 Å². The summed E-state index contributed by atoms with van der Waals surface area (Å²) in [5.41, 5.74) is -0.0641. The summed E-state index contributed by atoms with van der Waals surface area (Å²) in [6.07, 6.45) is 6.74. The Balaban J connectivity index is 1.77. The molecule has 3 atom stereocenters. The van der Waals surface area contributed by atoms with E-state index in [1.54, 1.807) is 0 Å². The molecule has 110 valence electrons. The van der Waals surface area contributed by atoms with Gasteiger partial charge in [0.15, 0.2) is 0 Å². The first-order valence-electron chi connectivity index (χ1n) is 7.55. The molecule has 3 rings (SSSR count). The van der Waals surface area contributed by atoms with Gasteiger partial charge in [-0.15, -0.1) is 0 Å². The molecule has 20 heavy (non-hydrogen) atoms. The Morgan fingerprint density at radius 2 is 2.25 bits per heavy atom. The molecule has 0 aromatic carbocycles. The second-order valence-corrected chi connectivity index (χ2v) is 5.73. The third-order valence-corrected chi connectivity index (χ3v) is 4.36. The van der Waals surface area contributed by atoms with Crippen molar-refractivity contribution < 1.29 is 9.47 Å². The van der Waals surface area contributed by atoms with Crippen molar-refractivity contribution in [3.05, 3.63) is 24.3 Å². The summed E-state index contributed by atoms with van der Waals surface area (Å²) < 4.78 is 11.6. The van der Waals surface area contributed by atoms with E-state index in [-0.39, 0.29) is 11.6 Å². The molecule has 0 bridgehead atoms. The van der Waals surface area contributed by atoms with Crippen LogP contribution >= 0.6 is 0 Å². The Morgan fingerprint density at radius 3 is 2.95 bits per heavy atom. The summed E-state index contributed by atoms with van der Waals surface area (Å²) in [4.78, 5) is 8.88. The lowest BCUT2D eigenvalue weighted by atomic mass is 9.80. The monoisotopic (exact) mass is 277 g/mol. The molecule has 2 aliphatic rings. The van der Waals surface area contributed by atoms with Crippen LogP contribution in [-0.4, -0.2) is 41.9 Å². The van der Waals surface area contributed by atoms with E-state index < -0.39 is 0 Å². The summed E-state index contributed by atoms with van der Waals surface area (Å²) in [7, 11) is 0. The Kier molecular flexibility index (Phi) is 4.29. The minimum atomic E-state index is -0.0641. The number of nitrogens with one attached hydrogen (secondary N) is 1. The first-order chi connectivity index (χ1) is 9.83. The van der Waals surface area contributed by atoms with Gasteiger partial charge in [0.2, 0.25) is 0 Å². The van der Waals surface area contributed by atoms with Crippen LogP contribution in [0.4, 0.5) is 0 Å². The van der Waals surface area contributed by atoms with Crippen LogP contribution in [0.15, 0.2) is 18.5 Å². The van der Waals surface area contributed by atoms with Gasteiger partial charge < -0.3 is 14.8 Å². The van der Waals surface area contributed by atoms with Gasteiger partial charge in [0.1, 0.15) is 5.82 Å². The van der Waals surface area contributed by atoms with Crippen LogP contribution in [0.3, 0.4) is 0 Å². The van der Waals surface area contributed by atoms with Gasteiger partial charge in [-0.3, -0.25) is 0 Å². The molecule has 1 aromatic rings. The zero-order valence-corrected chi connectivity index (χ0v) is 12.0. The normalized spacial score (nSPS) is 31.6. The van der Waals surface area contributed by atoms with Gasteiger partial charge in [-0.1, -0.05) is 6.92 Å². The van der Waals surface area contributed by atoms with Crippen LogP contribution in [0.1, 0.15) is 38.1 Å². The Hall–Kier alpha value is -1.04. The third kappa shape index (κ3) is 2.85. The fourth-order valence-electron chi connectivity index (χ4n) is 3.37. The van der Waals surface area contributed by atoms with E-state index in [1.807, 2.05) is 18.5 Å². The number of hydrogen-bond acceptors (Lipinski definition) is 5. The number of aromatic nitrogens is 2. The summed E-state index contributed by atoms with van der Waals surface area (Å²) in [6.45, 7) is 5.41. The number of hydrogen-bond donors (Lipinski definition) is 1. The summed E-state index contributed by atoms with van der Waals surface area (Å²) in [5, 5.41) is 3.55. The van der Waals surface area contributed by atoms with Crippen LogP contribution in [0.5, 0.6) is 0 Å². The predicted octanol–water partition coefficient (Wildman–Crippen LogP) is 1.71. The van der Waals surface area contributed by atoms with Crippen molar-refractivity contribution in [3.63, 3.8) is 0 Å². The zero-order chi connectivity index (χ0) is 13.8. The maximum atomic E-state index is 6.03.